The van der Waals surface area contributed by atoms with Gasteiger partial charge in [-0.15, -0.1) is 0 Å². The fraction of sp³-hybridized carbons (Fsp3) is 0.667. The molecule has 1 rings (SSSR count). The summed E-state index contributed by atoms with van der Waals surface area (Å²) in [5, 5.41) is 3.53. The van der Waals surface area contributed by atoms with Gasteiger partial charge in [-0.1, -0.05) is 30.7 Å². The van der Waals surface area contributed by atoms with Gasteiger partial charge >= 0.3 is 0 Å². The molecular weight excluding hydrogens is 158 g/mol. The van der Waals surface area contributed by atoms with Crippen LogP contribution in [0, 0.1) is 5.92 Å². The van der Waals surface area contributed by atoms with Crippen LogP contribution in [0.3, 0.4) is 0 Å². The highest BCUT2D eigenvalue weighted by atomic mass is 15.0. The van der Waals surface area contributed by atoms with Gasteiger partial charge < -0.3 is 5.32 Å². The van der Waals surface area contributed by atoms with E-state index in [1.54, 1.807) is 0 Å². The summed E-state index contributed by atoms with van der Waals surface area (Å²) in [6, 6.07) is 0. The quantitative estimate of drug-likeness (QED) is 0.702. The van der Waals surface area contributed by atoms with Crippen LogP contribution in [0.2, 0.25) is 0 Å². The van der Waals surface area contributed by atoms with Gasteiger partial charge in [-0.25, -0.2) is 0 Å². The molecule has 1 atom stereocenters. The van der Waals surface area contributed by atoms with E-state index in [2.05, 4.69) is 51.2 Å². The second-order valence-electron chi connectivity index (χ2n) is 4.40. The SMILES string of the molecule is CCNC(C)(C)C1C=CC(C)=CC1. The van der Waals surface area contributed by atoms with Gasteiger partial charge in [-0.3, -0.25) is 0 Å². The lowest BCUT2D eigenvalue weighted by Gasteiger charge is -2.34. The Bertz CT molecular complexity index is 223. The molecule has 0 aromatic carbocycles. The van der Waals surface area contributed by atoms with Crippen molar-refractivity contribution in [2.45, 2.75) is 39.7 Å². The third kappa shape index (κ3) is 2.70. The molecule has 0 aromatic heterocycles. The second-order valence-corrected chi connectivity index (χ2v) is 4.40. The smallest absolute Gasteiger partial charge is 0.0190 e. The van der Waals surface area contributed by atoms with Crippen LogP contribution in [0.5, 0.6) is 0 Å². The van der Waals surface area contributed by atoms with E-state index in [1.807, 2.05) is 0 Å². The van der Waals surface area contributed by atoms with Crippen LogP contribution in [0.4, 0.5) is 0 Å². The predicted octanol–water partition coefficient (Wildman–Crippen LogP) is 2.90. The second kappa shape index (κ2) is 4.10. The van der Waals surface area contributed by atoms with Crippen molar-refractivity contribution in [3.63, 3.8) is 0 Å². The minimum Gasteiger partial charge on any atom is -0.311 e. The van der Waals surface area contributed by atoms with Crippen LogP contribution in [0.15, 0.2) is 23.8 Å². The van der Waals surface area contributed by atoms with Gasteiger partial charge in [0, 0.05) is 5.54 Å². The molecule has 0 spiro atoms. The predicted molar refractivity (Wildman–Crippen MR) is 58.8 cm³/mol. The van der Waals surface area contributed by atoms with Crippen LogP contribution in [-0.2, 0) is 0 Å². The van der Waals surface area contributed by atoms with Crippen LogP contribution in [-0.4, -0.2) is 12.1 Å². The summed E-state index contributed by atoms with van der Waals surface area (Å²) in [5.41, 5.74) is 1.62. The average molecular weight is 179 g/mol. The standard InChI is InChI=1S/C12H21N/c1-5-13-12(3,4)11-8-6-10(2)7-9-11/h6-8,11,13H,5,9H2,1-4H3. The minimum absolute atomic E-state index is 0.225. The van der Waals surface area contributed by atoms with Crippen molar-refractivity contribution in [2.75, 3.05) is 6.54 Å². The summed E-state index contributed by atoms with van der Waals surface area (Å²) in [4.78, 5) is 0. The fourth-order valence-corrected chi connectivity index (χ4v) is 1.85. The van der Waals surface area contributed by atoms with E-state index in [1.165, 1.54) is 12.0 Å². The molecule has 1 nitrogen and oxygen atoms in total. The summed E-state index contributed by atoms with van der Waals surface area (Å²) in [5.74, 6) is 0.635. The van der Waals surface area contributed by atoms with Gasteiger partial charge in [0.05, 0.1) is 0 Å². The lowest BCUT2D eigenvalue weighted by atomic mass is 9.81. The molecule has 0 aliphatic heterocycles. The minimum atomic E-state index is 0.225. The van der Waals surface area contributed by atoms with E-state index in [-0.39, 0.29) is 5.54 Å². The van der Waals surface area contributed by atoms with E-state index in [9.17, 15) is 0 Å². The Kier molecular flexibility index (Phi) is 3.32. The molecule has 13 heavy (non-hydrogen) atoms. The zero-order valence-corrected chi connectivity index (χ0v) is 9.22. The van der Waals surface area contributed by atoms with Crippen molar-refractivity contribution in [2.24, 2.45) is 5.92 Å². The Morgan fingerprint density at radius 3 is 2.69 bits per heavy atom. The van der Waals surface area contributed by atoms with E-state index in [0.717, 1.165) is 6.54 Å². The molecule has 0 bridgehead atoms. The molecule has 0 aromatic rings. The lowest BCUT2D eigenvalue weighted by Crippen LogP contribution is -2.45. The van der Waals surface area contributed by atoms with Gasteiger partial charge in [0.2, 0.25) is 0 Å². The number of rotatable bonds is 3. The Labute approximate surface area is 81.9 Å². The van der Waals surface area contributed by atoms with Crippen LogP contribution in [0.1, 0.15) is 34.1 Å². The van der Waals surface area contributed by atoms with Gasteiger partial charge in [-0.2, -0.15) is 0 Å². The van der Waals surface area contributed by atoms with Gasteiger partial charge in [0.1, 0.15) is 0 Å². The van der Waals surface area contributed by atoms with Crippen molar-refractivity contribution < 1.29 is 0 Å². The molecule has 0 fully saturated rings. The van der Waals surface area contributed by atoms with Crippen LogP contribution >= 0.6 is 0 Å². The van der Waals surface area contributed by atoms with Crippen molar-refractivity contribution in [3.05, 3.63) is 23.8 Å². The average Bonchev–Trinajstić information content (AvgIpc) is 2.05. The normalized spacial score (nSPS) is 23.1. The van der Waals surface area contributed by atoms with E-state index >= 15 is 0 Å². The summed E-state index contributed by atoms with van der Waals surface area (Å²) in [7, 11) is 0. The third-order valence-electron chi connectivity index (χ3n) is 2.84. The molecule has 0 saturated heterocycles. The number of hydrogen-bond acceptors (Lipinski definition) is 1. The van der Waals surface area contributed by atoms with Crippen molar-refractivity contribution in [3.8, 4) is 0 Å². The Hall–Kier alpha value is -0.560. The van der Waals surface area contributed by atoms with Crippen molar-refractivity contribution in [1.82, 2.24) is 5.32 Å². The van der Waals surface area contributed by atoms with Crippen LogP contribution in [0.25, 0.3) is 0 Å². The highest BCUT2D eigenvalue weighted by molar-refractivity contribution is 5.23. The Morgan fingerprint density at radius 2 is 2.23 bits per heavy atom. The summed E-state index contributed by atoms with van der Waals surface area (Å²) in [6.07, 6.45) is 8.05. The van der Waals surface area contributed by atoms with Crippen LogP contribution < -0.4 is 5.32 Å². The maximum Gasteiger partial charge on any atom is 0.0190 e. The highest BCUT2D eigenvalue weighted by Gasteiger charge is 2.26. The first kappa shape index (κ1) is 10.5. The summed E-state index contributed by atoms with van der Waals surface area (Å²) < 4.78 is 0. The first-order valence-corrected chi connectivity index (χ1v) is 5.16. The molecule has 0 heterocycles. The molecule has 1 aliphatic carbocycles. The van der Waals surface area contributed by atoms with Crippen molar-refractivity contribution in [1.29, 1.82) is 0 Å². The molecular formula is C12H21N. The first-order chi connectivity index (χ1) is 6.06. The topological polar surface area (TPSA) is 12.0 Å². The molecule has 0 radical (unpaired) electrons. The largest absolute Gasteiger partial charge is 0.311 e. The summed E-state index contributed by atoms with van der Waals surface area (Å²) >= 11 is 0. The molecule has 74 valence electrons. The van der Waals surface area contributed by atoms with Gasteiger partial charge in [0.25, 0.3) is 0 Å². The fourth-order valence-electron chi connectivity index (χ4n) is 1.85. The molecule has 1 unspecified atom stereocenters. The molecule has 1 heteroatoms. The number of nitrogens with one attached hydrogen (secondary N) is 1. The highest BCUT2D eigenvalue weighted by Crippen LogP contribution is 2.26. The van der Waals surface area contributed by atoms with Gasteiger partial charge in [0.15, 0.2) is 0 Å². The van der Waals surface area contributed by atoms with E-state index in [4.69, 9.17) is 0 Å². The third-order valence-corrected chi connectivity index (χ3v) is 2.84. The number of allylic oxidation sites excluding steroid dienone is 3. The number of hydrogen-bond donors (Lipinski definition) is 1. The Morgan fingerprint density at radius 1 is 1.54 bits per heavy atom. The molecule has 0 amide bonds. The molecule has 0 saturated carbocycles. The monoisotopic (exact) mass is 179 g/mol. The Balaban J connectivity index is 2.60. The van der Waals surface area contributed by atoms with Crippen molar-refractivity contribution >= 4 is 0 Å². The van der Waals surface area contributed by atoms with E-state index in [0.29, 0.717) is 5.92 Å². The lowest BCUT2D eigenvalue weighted by molar-refractivity contribution is 0.302. The maximum absolute atomic E-state index is 3.53. The van der Waals surface area contributed by atoms with E-state index < -0.39 is 0 Å². The molecule has 1 aliphatic rings. The zero-order valence-electron chi connectivity index (χ0n) is 9.22. The van der Waals surface area contributed by atoms with Gasteiger partial charge in [-0.05, 0) is 39.7 Å². The summed E-state index contributed by atoms with van der Waals surface area (Å²) in [6.45, 7) is 9.92. The maximum atomic E-state index is 3.53. The zero-order chi connectivity index (χ0) is 9.90. The first-order valence-electron chi connectivity index (χ1n) is 5.16. The molecule has 1 N–H and O–H groups in total.